The van der Waals surface area contributed by atoms with Gasteiger partial charge < -0.3 is 4.98 Å². The van der Waals surface area contributed by atoms with Gasteiger partial charge in [-0.3, -0.25) is 0 Å². The van der Waals surface area contributed by atoms with E-state index in [9.17, 15) is 0 Å². The van der Waals surface area contributed by atoms with Crippen LogP contribution in [-0.2, 0) is 0 Å². The molecule has 0 aliphatic carbocycles. The van der Waals surface area contributed by atoms with Crippen LogP contribution in [0.4, 0.5) is 0 Å². The smallest absolute Gasteiger partial charge is 0.159 e. The maximum Gasteiger partial charge on any atom is 0.159 e. The third kappa shape index (κ3) is 1.83. The Bertz CT molecular complexity index is 368. The van der Waals surface area contributed by atoms with E-state index in [1.165, 1.54) is 4.70 Å². The molecule has 0 fully saturated rings. The molecule has 4 heteroatoms. The van der Waals surface area contributed by atoms with Crippen LogP contribution >= 0.6 is 23.6 Å². The molecule has 1 aromatic carbocycles. The molecule has 0 amide bonds. The Morgan fingerprint density at radius 2 is 2.00 bits per heavy atom. The Balaban J connectivity index is 0.000000605. The number of fused-ring (bicyclic) bond motifs is 1. The van der Waals surface area contributed by atoms with Crippen molar-refractivity contribution in [2.24, 2.45) is 0 Å². The first-order valence-corrected chi connectivity index (χ1v) is 4.16. The number of aromatic nitrogens is 1. The Labute approximate surface area is 90.2 Å². The zero-order valence-corrected chi connectivity index (χ0v) is 9.50. The molecule has 11 heavy (non-hydrogen) atoms. The Hall–Kier alpha value is 0.120. The quantitative estimate of drug-likeness (QED) is 0.583. The van der Waals surface area contributed by atoms with Crippen molar-refractivity contribution in [3.05, 3.63) is 28.2 Å². The van der Waals surface area contributed by atoms with Crippen LogP contribution < -0.4 is 0 Å². The van der Waals surface area contributed by atoms with Gasteiger partial charge in [0, 0.05) is 23.7 Å². The number of benzene rings is 1. The van der Waals surface area contributed by atoms with E-state index in [4.69, 9.17) is 12.2 Å². The first kappa shape index (κ1) is 9.21. The first-order chi connectivity index (χ1) is 4.86. The van der Waals surface area contributed by atoms with Crippen LogP contribution in [-0.4, -0.2) is 28.7 Å². The molecule has 2 rings (SSSR count). The number of hydrogen-bond donors (Lipinski definition) is 1. The van der Waals surface area contributed by atoms with Crippen LogP contribution in [0, 0.1) is 3.95 Å². The van der Waals surface area contributed by atoms with Crippen LogP contribution in [0.2, 0.25) is 0 Å². The maximum absolute atomic E-state index is 4.98. The standard InChI is InChI=1S/C7H5NS2.Te/c9-7-8-5-3-1-2-4-6(5)10-7;/h1-4H,(H,8,9);. The van der Waals surface area contributed by atoms with Crippen molar-refractivity contribution in [2.45, 2.75) is 0 Å². The second-order valence-corrected chi connectivity index (χ2v) is 3.73. The van der Waals surface area contributed by atoms with E-state index in [-0.39, 0.29) is 23.7 Å². The molecule has 0 aliphatic rings. The molecule has 0 atom stereocenters. The normalized spacial score (nSPS) is 9.45. The van der Waals surface area contributed by atoms with Crippen molar-refractivity contribution in [3.8, 4) is 0 Å². The fourth-order valence-corrected chi connectivity index (χ4v) is 2.01. The minimum absolute atomic E-state index is 0. The maximum atomic E-state index is 4.98. The van der Waals surface area contributed by atoms with Crippen LogP contribution in [0.15, 0.2) is 24.3 Å². The van der Waals surface area contributed by atoms with Gasteiger partial charge in [-0.2, -0.15) is 0 Å². The van der Waals surface area contributed by atoms with Crippen molar-refractivity contribution in [2.75, 3.05) is 0 Å². The minimum Gasteiger partial charge on any atom is -0.337 e. The van der Waals surface area contributed by atoms with Gasteiger partial charge in [0.2, 0.25) is 0 Å². The number of hydrogen-bond acceptors (Lipinski definition) is 2. The van der Waals surface area contributed by atoms with Crippen molar-refractivity contribution in [1.82, 2.24) is 4.98 Å². The summed E-state index contributed by atoms with van der Waals surface area (Å²) in [5.74, 6) is 0. The van der Waals surface area contributed by atoms with E-state index in [2.05, 4.69) is 11.1 Å². The number of para-hydroxylation sites is 1. The van der Waals surface area contributed by atoms with Gasteiger partial charge in [0.1, 0.15) is 0 Å². The predicted octanol–water partition coefficient (Wildman–Crippen LogP) is 2.58. The number of thiazole rings is 1. The SMILES string of the molecule is S=c1[nH]c2ccccc2s1.[Te]. The predicted molar refractivity (Wildman–Crippen MR) is 52.8 cm³/mol. The van der Waals surface area contributed by atoms with Gasteiger partial charge >= 0.3 is 0 Å². The molecule has 1 N–H and O–H groups in total. The van der Waals surface area contributed by atoms with Gasteiger partial charge in [-0.05, 0) is 24.4 Å². The van der Waals surface area contributed by atoms with E-state index in [0.29, 0.717) is 0 Å². The molecule has 1 aromatic heterocycles. The van der Waals surface area contributed by atoms with E-state index >= 15 is 0 Å². The molecule has 0 saturated heterocycles. The first-order valence-electron chi connectivity index (χ1n) is 2.94. The number of rotatable bonds is 0. The molecule has 0 unspecified atom stereocenters. The summed E-state index contributed by atoms with van der Waals surface area (Å²) in [5, 5.41) is 0. The van der Waals surface area contributed by atoms with Gasteiger partial charge in [0.15, 0.2) is 3.95 Å². The van der Waals surface area contributed by atoms with Crippen molar-refractivity contribution < 1.29 is 0 Å². The van der Waals surface area contributed by atoms with Crippen LogP contribution in [0.3, 0.4) is 0 Å². The summed E-state index contributed by atoms with van der Waals surface area (Å²) in [7, 11) is 0. The Morgan fingerprint density at radius 1 is 1.27 bits per heavy atom. The summed E-state index contributed by atoms with van der Waals surface area (Å²) < 4.78 is 2.08. The Kier molecular flexibility index (Phi) is 3.08. The summed E-state index contributed by atoms with van der Waals surface area (Å²) in [6.45, 7) is 0. The van der Waals surface area contributed by atoms with Crippen molar-refractivity contribution in [3.63, 3.8) is 0 Å². The average Bonchev–Trinajstić information content (AvgIpc) is 2.27. The number of nitrogens with one attached hydrogen (secondary N) is 1. The van der Waals surface area contributed by atoms with Crippen molar-refractivity contribution >= 4 is 57.4 Å². The molecule has 0 bridgehead atoms. The summed E-state index contributed by atoms with van der Waals surface area (Å²) in [4.78, 5) is 3.09. The molecule has 0 spiro atoms. The van der Waals surface area contributed by atoms with E-state index in [1.807, 2.05) is 18.2 Å². The monoisotopic (exact) mass is 297 g/mol. The van der Waals surface area contributed by atoms with Gasteiger partial charge in [-0.1, -0.05) is 12.1 Å². The van der Waals surface area contributed by atoms with Crippen molar-refractivity contribution in [1.29, 1.82) is 0 Å². The van der Waals surface area contributed by atoms with E-state index < -0.39 is 0 Å². The second-order valence-electron chi connectivity index (χ2n) is 2.01. The summed E-state index contributed by atoms with van der Waals surface area (Å²) >= 11 is 6.59. The van der Waals surface area contributed by atoms with Crippen LogP contribution in [0.25, 0.3) is 10.2 Å². The number of H-pyrrole nitrogens is 1. The van der Waals surface area contributed by atoms with Crippen LogP contribution in [0.5, 0.6) is 0 Å². The zero-order chi connectivity index (χ0) is 6.97. The summed E-state index contributed by atoms with van der Waals surface area (Å²) in [6, 6.07) is 8.11. The van der Waals surface area contributed by atoms with Crippen LogP contribution in [0.1, 0.15) is 0 Å². The molecular formula is C7H5NS2Te. The van der Waals surface area contributed by atoms with E-state index in [1.54, 1.807) is 11.3 Å². The minimum atomic E-state index is 0. The fraction of sp³-hybridized carbons (Fsp3) is 0. The summed E-state index contributed by atoms with van der Waals surface area (Å²) in [5.41, 5.74) is 1.14. The third-order valence-corrected chi connectivity index (χ3v) is 2.54. The average molecular weight is 295 g/mol. The van der Waals surface area contributed by atoms with Gasteiger partial charge in [0.25, 0.3) is 0 Å². The zero-order valence-electron chi connectivity index (χ0n) is 5.53. The largest absolute Gasteiger partial charge is 0.337 e. The molecule has 56 valence electrons. The molecule has 0 aliphatic heterocycles. The molecular weight excluding hydrogens is 290 g/mol. The molecule has 1 nitrogen and oxygen atoms in total. The molecule has 1 heterocycles. The third-order valence-electron chi connectivity index (χ3n) is 1.33. The fourth-order valence-electron chi connectivity index (χ4n) is 0.894. The number of aromatic amines is 1. The van der Waals surface area contributed by atoms with Gasteiger partial charge in [-0.15, -0.1) is 11.3 Å². The molecule has 2 radical (unpaired) electrons. The topological polar surface area (TPSA) is 15.8 Å². The van der Waals surface area contributed by atoms with E-state index in [0.717, 1.165) is 9.47 Å². The van der Waals surface area contributed by atoms with Gasteiger partial charge in [-0.25, -0.2) is 0 Å². The second kappa shape index (κ2) is 3.68. The Morgan fingerprint density at radius 3 is 2.73 bits per heavy atom. The molecule has 2 aromatic rings. The summed E-state index contributed by atoms with van der Waals surface area (Å²) in [6.07, 6.45) is 0. The molecule has 0 saturated carbocycles. The van der Waals surface area contributed by atoms with Gasteiger partial charge in [0.05, 0.1) is 10.2 Å².